The molecule has 1 rings (SSSR count). The number of hydrogen-bond acceptors (Lipinski definition) is 2. The maximum Gasteiger partial charge on any atom is 0.0718 e. The molecule has 60 valence electrons. The Labute approximate surface area is 66.0 Å². The van der Waals surface area contributed by atoms with Crippen molar-refractivity contribution in [3.05, 3.63) is 23.5 Å². The van der Waals surface area contributed by atoms with E-state index in [-0.39, 0.29) is 6.61 Å². The zero-order valence-corrected chi connectivity index (χ0v) is 6.83. The van der Waals surface area contributed by atoms with Gasteiger partial charge in [0, 0.05) is 17.5 Å². The summed E-state index contributed by atoms with van der Waals surface area (Å²) < 4.78 is 1.67. The monoisotopic (exact) mass is 152 g/mol. The summed E-state index contributed by atoms with van der Waals surface area (Å²) in [5, 5.41) is 13.1. The molecule has 0 saturated heterocycles. The molecular weight excluding hydrogens is 140 g/mol. The molecule has 0 aromatic carbocycles. The summed E-state index contributed by atoms with van der Waals surface area (Å²) >= 11 is 0. The maximum atomic E-state index is 8.92. The van der Waals surface area contributed by atoms with Crippen molar-refractivity contribution in [1.82, 2.24) is 9.78 Å². The van der Waals surface area contributed by atoms with Crippen LogP contribution in [0, 0.1) is 13.8 Å². The van der Waals surface area contributed by atoms with Crippen LogP contribution in [-0.4, -0.2) is 14.9 Å². The Bertz CT molecular complexity index is 276. The standard InChI is InChI=1S/C8H12N2O/c1-4-10-7(3)8(5-11)6(2)9-10/h4,11H,1,5H2,2-3H3. The van der Waals surface area contributed by atoms with Crippen LogP contribution in [0.3, 0.4) is 0 Å². The quantitative estimate of drug-likeness (QED) is 0.689. The van der Waals surface area contributed by atoms with Crippen molar-refractivity contribution in [2.24, 2.45) is 0 Å². The van der Waals surface area contributed by atoms with Crippen molar-refractivity contribution in [3.63, 3.8) is 0 Å². The van der Waals surface area contributed by atoms with Gasteiger partial charge in [0.2, 0.25) is 0 Å². The fourth-order valence-electron chi connectivity index (χ4n) is 1.10. The van der Waals surface area contributed by atoms with Crippen molar-refractivity contribution < 1.29 is 5.11 Å². The largest absolute Gasteiger partial charge is 0.392 e. The first-order valence-electron chi connectivity index (χ1n) is 3.48. The summed E-state index contributed by atoms with van der Waals surface area (Å²) in [6.07, 6.45) is 1.63. The van der Waals surface area contributed by atoms with Gasteiger partial charge in [0.1, 0.15) is 0 Å². The third kappa shape index (κ3) is 1.19. The third-order valence-corrected chi connectivity index (χ3v) is 1.81. The van der Waals surface area contributed by atoms with E-state index < -0.39 is 0 Å². The van der Waals surface area contributed by atoms with Crippen LogP contribution in [0.1, 0.15) is 17.0 Å². The molecule has 0 radical (unpaired) electrons. The van der Waals surface area contributed by atoms with Gasteiger partial charge in [0.05, 0.1) is 12.3 Å². The maximum absolute atomic E-state index is 8.92. The molecule has 1 heterocycles. The fourth-order valence-corrected chi connectivity index (χ4v) is 1.10. The molecule has 0 aliphatic heterocycles. The van der Waals surface area contributed by atoms with Gasteiger partial charge in [-0.15, -0.1) is 0 Å². The predicted octanol–water partition coefficient (Wildman–Crippen LogP) is 1.09. The van der Waals surface area contributed by atoms with Crippen LogP contribution in [-0.2, 0) is 6.61 Å². The van der Waals surface area contributed by atoms with E-state index in [0.717, 1.165) is 17.0 Å². The van der Waals surface area contributed by atoms with Crippen molar-refractivity contribution in [2.75, 3.05) is 0 Å². The highest BCUT2D eigenvalue weighted by atomic mass is 16.3. The number of rotatable bonds is 2. The molecule has 0 fully saturated rings. The van der Waals surface area contributed by atoms with Gasteiger partial charge in [-0.3, -0.25) is 0 Å². The van der Waals surface area contributed by atoms with E-state index in [1.54, 1.807) is 10.9 Å². The second-order valence-corrected chi connectivity index (χ2v) is 2.43. The Balaban J connectivity index is 3.24. The number of hydrogen-bond donors (Lipinski definition) is 1. The summed E-state index contributed by atoms with van der Waals surface area (Å²) in [4.78, 5) is 0. The molecule has 0 amide bonds. The van der Waals surface area contributed by atoms with Crippen molar-refractivity contribution >= 4 is 6.20 Å². The molecule has 0 saturated carbocycles. The normalized spacial score (nSPS) is 10.1. The summed E-state index contributed by atoms with van der Waals surface area (Å²) in [6, 6.07) is 0. The number of aliphatic hydroxyl groups excluding tert-OH is 1. The second kappa shape index (κ2) is 2.88. The number of nitrogens with zero attached hydrogens (tertiary/aromatic N) is 2. The van der Waals surface area contributed by atoms with Gasteiger partial charge < -0.3 is 5.11 Å². The van der Waals surface area contributed by atoms with Crippen LogP contribution in [0.5, 0.6) is 0 Å². The highest BCUT2D eigenvalue weighted by Gasteiger charge is 2.07. The van der Waals surface area contributed by atoms with Gasteiger partial charge in [-0.25, -0.2) is 4.68 Å². The van der Waals surface area contributed by atoms with E-state index >= 15 is 0 Å². The molecule has 0 spiro atoms. The lowest BCUT2D eigenvalue weighted by molar-refractivity contribution is 0.280. The number of aromatic nitrogens is 2. The third-order valence-electron chi connectivity index (χ3n) is 1.81. The molecule has 0 bridgehead atoms. The smallest absolute Gasteiger partial charge is 0.0718 e. The zero-order valence-electron chi connectivity index (χ0n) is 6.83. The Morgan fingerprint density at radius 1 is 1.64 bits per heavy atom. The molecule has 0 aliphatic carbocycles. The number of aliphatic hydroxyl groups is 1. The Morgan fingerprint density at radius 2 is 2.27 bits per heavy atom. The Hall–Kier alpha value is -1.09. The molecule has 0 unspecified atom stereocenters. The van der Waals surface area contributed by atoms with Gasteiger partial charge in [-0.2, -0.15) is 5.10 Å². The van der Waals surface area contributed by atoms with Crippen LogP contribution in [0.15, 0.2) is 6.58 Å². The van der Waals surface area contributed by atoms with E-state index in [0.29, 0.717) is 0 Å². The van der Waals surface area contributed by atoms with Crippen molar-refractivity contribution in [1.29, 1.82) is 0 Å². The lowest BCUT2D eigenvalue weighted by Gasteiger charge is -1.95. The van der Waals surface area contributed by atoms with E-state index in [1.807, 2.05) is 13.8 Å². The van der Waals surface area contributed by atoms with Crippen molar-refractivity contribution in [3.8, 4) is 0 Å². The fraction of sp³-hybridized carbons (Fsp3) is 0.375. The molecule has 0 aliphatic rings. The molecule has 1 aromatic rings. The summed E-state index contributed by atoms with van der Waals surface area (Å²) in [6.45, 7) is 7.43. The van der Waals surface area contributed by atoms with Gasteiger partial charge >= 0.3 is 0 Å². The first-order chi connectivity index (χ1) is 5.20. The summed E-state index contributed by atoms with van der Waals surface area (Å²) in [5.74, 6) is 0. The van der Waals surface area contributed by atoms with E-state index in [9.17, 15) is 0 Å². The highest BCUT2D eigenvalue weighted by molar-refractivity contribution is 5.30. The van der Waals surface area contributed by atoms with Crippen LogP contribution in [0.4, 0.5) is 0 Å². The Kier molecular flexibility index (Phi) is 2.10. The van der Waals surface area contributed by atoms with Gasteiger partial charge in [0.25, 0.3) is 0 Å². The number of aryl methyl sites for hydroxylation is 1. The topological polar surface area (TPSA) is 38.0 Å². The summed E-state index contributed by atoms with van der Waals surface area (Å²) in [7, 11) is 0. The predicted molar refractivity (Wildman–Crippen MR) is 44.0 cm³/mol. The molecule has 0 atom stereocenters. The molecule has 3 heteroatoms. The van der Waals surface area contributed by atoms with Crippen LogP contribution in [0.2, 0.25) is 0 Å². The van der Waals surface area contributed by atoms with Gasteiger partial charge in [0.15, 0.2) is 0 Å². The lowest BCUT2D eigenvalue weighted by atomic mass is 10.2. The summed E-state index contributed by atoms with van der Waals surface area (Å²) in [5.41, 5.74) is 2.72. The average molecular weight is 152 g/mol. The van der Waals surface area contributed by atoms with Gasteiger partial charge in [-0.05, 0) is 13.8 Å². The Morgan fingerprint density at radius 3 is 2.55 bits per heavy atom. The lowest BCUT2D eigenvalue weighted by Crippen LogP contribution is -1.91. The molecule has 3 nitrogen and oxygen atoms in total. The molecular formula is C8H12N2O. The SMILES string of the molecule is C=Cn1nc(C)c(CO)c1C. The molecule has 1 aromatic heterocycles. The minimum absolute atomic E-state index is 0.0471. The first kappa shape index (κ1) is 8.01. The highest BCUT2D eigenvalue weighted by Crippen LogP contribution is 2.12. The minimum Gasteiger partial charge on any atom is -0.392 e. The van der Waals surface area contributed by atoms with Crippen LogP contribution in [0.25, 0.3) is 6.20 Å². The minimum atomic E-state index is 0.0471. The second-order valence-electron chi connectivity index (χ2n) is 2.43. The van der Waals surface area contributed by atoms with E-state index in [4.69, 9.17) is 5.11 Å². The zero-order chi connectivity index (χ0) is 8.43. The van der Waals surface area contributed by atoms with Crippen molar-refractivity contribution in [2.45, 2.75) is 20.5 Å². The van der Waals surface area contributed by atoms with Crippen LogP contribution < -0.4 is 0 Å². The van der Waals surface area contributed by atoms with E-state index in [2.05, 4.69) is 11.7 Å². The molecule has 1 N–H and O–H groups in total. The first-order valence-corrected chi connectivity index (χ1v) is 3.48. The van der Waals surface area contributed by atoms with E-state index in [1.165, 1.54) is 0 Å². The van der Waals surface area contributed by atoms with Gasteiger partial charge in [-0.1, -0.05) is 6.58 Å². The van der Waals surface area contributed by atoms with Crippen LogP contribution >= 0.6 is 0 Å². The molecule has 11 heavy (non-hydrogen) atoms. The average Bonchev–Trinajstić information content (AvgIpc) is 2.26.